The van der Waals surface area contributed by atoms with Crippen molar-refractivity contribution >= 4 is 27.3 Å². The van der Waals surface area contributed by atoms with Crippen LogP contribution in [0.25, 0.3) is 11.1 Å². The lowest BCUT2D eigenvalue weighted by atomic mass is 10.1. The van der Waals surface area contributed by atoms with Gasteiger partial charge in [0.15, 0.2) is 0 Å². The van der Waals surface area contributed by atoms with Gasteiger partial charge in [-0.05, 0) is 55.7 Å². The minimum atomic E-state index is -3.78. The summed E-state index contributed by atoms with van der Waals surface area (Å²) < 4.78 is 29.0. The number of hydrogen-bond donors (Lipinski definition) is 1. The van der Waals surface area contributed by atoms with E-state index in [9.17, 15) is 8.42 Å². The monoisotopic (exact) mass is 385 g/mol. The van der Waals surface area contributed by atoms with Crippen molar-refractivity contribution in [3.05, 3.63) is 82.4 Å². The van der Waals surface area contributed by atoms with Gasteiger partial charge in [-0.15, -0.1) is 0 Å². The van der Waals surface area contributed by atoms with Gasteiger partial charge in [0.2, 0.25) is 0 Å². The van der Waals surface area contributed by atoms with E-state index in [1.54, 1.807) is 18.2 Å². The van der Waals surface area contributed by atoms with Crippen molar-refractivity contribution in [3.63, 3.8) is 0 Å². The van der Waals surface area contributed by atoms with E-state index in [2.05, 4.69) is 4.72 Å². The van der Waals surface area contributed by atoms with Gasteiger partial charge in [0.25, 0.3) is 10.0 Å². The molecule has 3 aromatic carbocycles. The van der Waals surface area contributed by atoms with Gasteiger partial charge in [-0.25, -0.2) is 8.42 Å². The molecule has 26 heavy (non-hydrogen) atoms. The van der Waals surface area contributed by atoms with E-state index < -0.39 is 10.0 Å². The summed E-state index contributed by atoms with van der Waals surface area (Å²) in [6, 6.07) is 18.1. The zero-order valence-corrected chi connectivity index (χ0v) is 16.4. The zero-order valence-electron chi connectivity index (χ0n) is 14.9. The maximum Gasteiger partial charge on any atom is 0.262 e. The van der Waals surface area contributed by atoms with Gasteiger partial charge in [0.1, 0.15) is 0 Å². The van der Waals surface area contributed by atoms with Gasteiger partial charge < -0.3 is 0 Å². The fraction of sp³-hybridized carbons (Fsp3) is 0.143. The molecule has 0 spiro atoms. The van der Waals surface area contributed by atoms with Gasteiger partial charge >= 0.3 is 0 Å². The van der Waals surface area contributed by atoms with Crippen molar-refractivity contribution in [1.82, 2.24) is 0 Å². The van der Waals surface area contributed by atoms with Crippen LogP contribution >= 0.6 is 11.6 Å². The lowest BCUT2D eigenvalue weighted by Gasteiger charge is -2.16. The maximum atomic E-state index is 13.1. The van der Waals surface area contributed by atoms with Crippen LogP contribution in [0.1, 0.15) is 16.7 Å². The molecular weight excluding hydrogens is 366 g/mol. The zero-order chi connectivity index (χ0) is 18.9. The molecule has 0 bridgehead atoms. The highest BCUT2D eigenvalue weighted by Crippen LogP contribution is 2.32. The van der Waals surface area contributed by atoms with E-state index in [0.717, 1.165) is 22.3 Å². The number of sulfonamides is 1. The Morgan fingerprint density at radius 2 is 1.46 bits per heavy atom. The fourth-order valence-electron chi connectivity index (χ4n) is 3.11. The van der Waals surface area contributed by atoms with Gasteiger partial charge in [-0.1, -0.05) is 59.6 Å². The Morgan fingerprint density at radius 3 is 2.08 bits per heavy atom. The molecule has 0 amide bonds. The Hall–Kier alpha value is -2.30. The Morgan fingerprint density at radius 1 is 0.846 bits per heavy atom. The highest BCUT2D eigenvalue weighted by Gasteiger charge is 2.21. The first-order valence-electron chi connectivity index (χ1n) is 8.23. The Balaban J connectivity index is 2.12. The summed E-state index contributed by atoms with van der Waals surface area (Å²) in [6.45, 7) is 5.79. The normalized spacial score (nSPS) is 11.4. The van der Waals surface area contributed by atoms with Crippen molar-refractivity contribution in [2.45, 2.75) is 25.7 Å². The summed E-state index contributed by atoms with van der Waals surface area (Å²) in [5.41, 5.74) is 4.87. The number of nitrogens with one attached hydrogen (secondary N) is 1. The van der Waals surface area contributed by atoms with E-state index in [1.807, 2.05) is 63.2 Å². The maximum absolute atomic E-state index is 13.1. The molecular formula is C21H20ClNO2S. The summed E-state index contributed by atoms with van der Waals surface area (Å²) >= 11 is 6.13. The van der Waals surface area contributed by atoms with Crippen molar-refractivity contribution in [2.75, 3.05) is 4.72 Å². The number of benzene rings is 3. The molecule has 134 valence electrons. The molecule has 0 radical (unpaired) electrons. The van der Waals surface area contributed by atoms with Crippen LogP contribution in [0.3, 0.4) is 0 Å². The largest absolute Gasteiger partial charge is 0.279 e. The van der Waals surface area contributed by atoms with Crippen LogP contribution in [0.2, 0.25) is 5.02 Å². The summed E-state index contributed by atoms with van der Waals surface area (Å²) in [4.78, 5) is 0.201. The quantitative estimate of drug-likeness (QED) is 0.623. The number of rotatable bonds is 4. The average Bonchev–Trinajstić information content (AvgIpc) is 2.58. The van der Waals surface area contributed by atoms with Crippen LogP contribution < -0.4 is 4.72 Å². The van der Waals surface area contributed by atoms with Crippen LogP contribution in [0.15, 0.2) is 65.6 Å². The number of anilines is 1. The average molecular weight is 386 g/mol. The van der Waals surface area contributed by atoms with Gasteiger partial charge in [-0.2, -0.15) is 0 Å². The van der Waals surface area contributed by atoms with Gasteiger partial charge in [-0.3, -0.25) is 4.72 Å². The van der Waals surface area contributed by atoms with Crippen LogP contribution in [0, 0.1) is 20.8 Å². The molecule has 0 atom stereocenters. The predicted molar refractivity (Wildman–Crippen MR) is 108 cm³/mol. The summed E-state index contributed by atoms with van der Waals surface area (Å²) in [7, 11) is -3.78. The van der Waals surface area contributed by atoms with Crippen LogP contribution in [-0.4, -0.2) is 8.42 Å². The lowest BCUT2D eigenvalue weighted by molar-refractivity contribution is 0.601. The Kier molecular flexibility index (Phi) is 5.08. The predicted octanol–water partition coefficient (Wildman–Crippen LogP) is 5.73. The number of aryl methyl sites for hydroxylation is 3. The van der Waals surface area contributed by atoms with E-state index in [0.29, 0.717) is 16.3 Å². The Bertz CT molecular complexity index is 1040. The van der Waals surface area contributed by atoms with Crippen molar-refractivity contribution in [2.24, 2.45) is 0 Å². The first kappa shape index (κ1) is 18.5. The van der Waals surface area contributed by atoms with Gasteiger partial charge in [0.05, 0.1) is 10.6 Å². The smallest absolute Gasteiger partial charge is 0.262 e. The van der Waals surface area contributed by atoms with E-state index in [1.165, 1.54) is 0 Å². The SMILES string of the molecule is Cc1cc(C)c(NS(=O)(=O)c2ccc(Cl)cc2-c2ccccc2)c(C)c1. The third-order valence-electron chi connectivity index (χ3n) is 4.23. The van der Waals surface area contributed by atoms with Crippen molar-refractivity contribution in [3.8, 4) is 11.1 Å². The first-order chi connectivity index (χ1) is 12.3. The molecule has 3 rings (SSSR count). The number of halogens is 1. The molecule has 0 aliphatic rings. The molecule has 0 aliphatic carbocycles. The van der Waals surface area contributed by atoms with E-state index in [-0.39, 0.29) is 4.90 Å². The molecule has 0 heterocycles. The highest BCUT2D eigenvalue weighted by molar-refractivity contribution is 7.92. The second kappa shape index (κ2) is 7.14. The summed E-state index contributed by atoms with van der Waals surface area (Å²) in [5.74, 6) is 0. The number of hydrogen-bond acceptors (Lipinski definition) is 2. The molecule has 0 aromatic heterocycles. The minimum absolute atomic E-state index is 0.201. The standard InChI is InChI=1S/C21H20ClNO2S/c1-14-11-15(2)21(16(3)12-14)23-26(24,25)20-10-9-18(22)13-19(20)17-7-5-4-6-8-17/h4-13,23H,1-3H3. The van der Waals surface area contributed by atoms with Crippen molar-refractivity contribution in [1.29, 1.82) is 0 Å². The molecule has 0 aliphatic heterocycles. The summed E-state index contributed by atoms with van der Waals surface area (Å²) in [6.07, 6.45) is 0. The molecule has 5 heteroatoms. The molecule has 0 fully saturated rings. The highest BCUT2D eigenvalue weighted by atomic mass is 35.5. The summed E-state index contributed by atoms with van der Waals surface area (Å²) in [5, 5.41) is 0.491. The third kappa shape index (κ3) is 3.76. The van der Waals surface area contributed by atoms with E-state index >= 15 is 0 Å². The third-order valence-corrected chi connectivity index (χ3v) is 5.87. The molecule has 0 saturated heterocycles. The Labute approximate surface area is 159 Å². The minimum Gasteiger partial charge on any atom is -0.279 e. The van der Waals surface area contributed by atoms with Crippen LogP contribution in [-0.2, 0) is 10.0 Å². The van der Waals surface area contributed by atoms with Crippen molar-refractivity contribution < 1.29 is 8.42 Å². The molecule has 0 saturated carbocycles. The molecule has 3 aromatic rings. The fourth-order valence-corrected chi connectivity index (χ4v) is 4.70. The van der Waals surface area contributed by atoms with Gasteiger partial charge in [0, 0.05) is 10.6 Å². The first-order valence-corrected chi connectivity index (χ1v) is 10.1. The molecule has 0 unspecified atom stereocenters. The molecule has 1 N–H and O–H groups in total. The van der Waals surface area contributed by atoms with Crippen LogP contribution in [0.4, 0.5) is 5.69 Å². The lowest BCUT2D eigenvalue weighted by Crippen LogP contribution is -2.16. The topological polar surface area (TPSA) is 46.2 Å². The van der Waals surface area contributed by atoms with E-state index in [4.69, 9.17) is 11.6 Å². The second-order valence-electron chi connectivity index (χ2n) is 6.39. The molecule has 3 nitrogen and oxygen atoms in total. The second-order valence-corrected chi connectivity index (χ2v) is 8.47. The van der Waals surface area contributed by atoms with Crippen LogP contribution in [0.5, 0.6) is 0 Å².